The quantitative estimate of drug-likeness (QED) is 0.580. The summed E-state index contributed by atoms with van der Waals surface area (Å²) < 4.78 is 4.77. The van der Waals surface area contributed by atoms with Gasteiger partial charge in [-0.3, -0.25) is 9.69 Å². The molecule has 0 aromatic rings. The van der Waals surface area contributed by atoms with Gasteiger partial charge in [-0.2, -0.15) is 0 Å². The van der Waals surface area contributed by atoms with Crippen molar-refractivity contribution in [2.45, 2.75) is 26.9 Å². The maximum Gasteiger partial charge on any atom is 0.333 e. The van der Waals surface area contributed by atoms with Crippen LogP contribution in [0, 0.1) is 0 Å². The van der Waals surface area contributed by atoms with Crippen LogP contribution in [-0.2, 0) is 14.3 Å². The fraction of sp³-hybridized carbons (Fsp3) is 0.636. The van der Waals surface area contributed by atoms with Gasteiger partial charge in [-0.25, -0.2) is 4.79 Å². The number of nitrogens with zero attached hydrogens (tertiary/aromatic N) is 1. The molecular formula is C11H21NO4. The second-order valence-electron chi connectivity index (χ2n) is 3.87. The first-order chi connectivity index (χ1) is 7.16. The van der Waals surface area contributed by atoms with Crippen molar-refractivity contribution in [3.8, 4) is 0 Å². The minimum Gasteiger partial charge on any atom is -0.480 e. The first-order valence-corrected chi connectivity index (χ1v) is 4.89. The van der Waals surface area contributed by atoms with E-state index < -0.39 is 5.97 Å². The summed E-state index contributed by atoms with van der Waals surface area (Å²) >= 11 is 0. The topological polar surface area (TPSA) is 66.8 Å². The third-order valence-corrected chi connectivity index (χ3v) is 1.14. The van der Waals surface area contributed by atoms with Crippen molar-refractivity contribution < 1.29 is 19.4 Å². The fourth-order valence-corrected chi connectivity index (χ4v) is 0.585. The summed E-state index contributed by atoms with van der Waals surface area (Å²) in [6, 6.07) is 0. The van der Waals surface area contributed by atoms with Crippen LogP contribution in [0.15, 0.2) is 12.2 Å². The zero-order valence-electron chi connectivity index (χ0n) is 10.6. The molecule has 0 aliphatic rings. The van der Waals surface area contributed by atoms with Crippen LogP contribution >= 0.6 is 0 Å². The van der Waals surface area contributed by atoms with E-state index in [0.29, 0.717) is 5.57 Å². The highest BCUT2D eigenvalue weighted by Crippen LogP contribution is 1.95. The lowest BCUT2D eigenvalue weighted by Crippen LogP contribution is -2.20. The summed E-state index contributed by atoms with van der Waals surface area (Å²) in [5.41, 5.74) is 0.448. The van der Waals surface area contributed by atoms with Crippen LogP contribution in [-0.4, -0.2) is 48.7 Å². The van der Waals surface area contributed by atoms with Gasteiger partial charge in [0.2, 0.25) is 0 Å². The molecule has 0 aromatic carbocycles. The molecule has 0 unspecified atom stereocenters. The third-order valence-electron chi connectivity index (χ3n) is 1.14. The molecule has 0 saturated carbocycles. The smallest absolute Gasteiger partial charge is 0.333 e. The number of esters is 1. The maximum atomic E-state index is 10.6. The summed E-state index contributed by atoms with van der Waals surface area (Å²) in [4.78, 5) is 22.0. The summed E-state index contributed by atoms with van der Waals surface area (Å²) in [5.74, 6) is -1.10. The highest BCUT2D eigenvalue weighted by Gasteiger charge is 2.03. The largest absolute Gasteiger partial charge is 0.480 e. The number of carbonyl (C=O) groups excluding carboxylic acids is 1. The molecule has 0 spiro atoms. The van der Waals surface area contributed by atoms with E-state index in [4.69, 9.17) is 9.84 Å². The van der Waals surface area contributed by atoms with E-state index in [-0.39, 0.29) is 18.6 Å². The Bertz CT molecular complexity index is 246. The van der Waals surface area contributed by atoms with E-state index in [1.54, 1.807) is 39.8 Å². The molecule has 0 saturated heterocycles. The summed E-state index contributed by atoms with van der Waals surface area (Å²) in [7, 11) is 3.43. The van der Waals surface area contributed by atoms with E-state index in [1.165, 1.54) is 0 Å². The zero-order chi connectivity index (χ0) is 13.3. The lowest BCUT2D eigenvalue weighted by atomic mass is 10.3. The van der Waals surface area contributed by atoms with Crippen LogP contribution in [0.1, 0.15) is 20.8 Å². The Hall–Kier alpha value is -1.36. The molecule has 0 atom stereocenters. The summed E-state index contributed by atoms with van der Waals surface area (Å²) in [5, 5.41) is 8.04. The first kappa shape index (κ1) is 17.0. The normalized spacial score (nSPS) is 9.44. The van der Waals surface area contributed by atoms with Crippen molar-refractivity contribution in [1.29, 1.82) is 0 Å². The lowest BCUT2D eigenvalue weighted by Gasteiger charge is -2.05. The van der Waals surface area contributed by atoms with Gasteiger partial charge in [0, 0.05) is 5.57 Å². The van der Waals surface area contributed by atoms with Crippen LogP contribution in [0.3, 0.4) is 0 Å². The summed E-state index contributed by atoms with van der Waals surface area (Å²) in [6.45, 7) is 8.79. The molecule has 5 nitrogen and oxygen atoms in total. The van der Waals surface area contributed by atoms with E-state index in [1.807, 2.05) is 0 Å². The number of hydrogen-bond donors (Lipinski definition) is 1. The molecule has 0 fully saturated rings. The average Bonchev–Trinajstić information content (AvgIpc) is 2.00. The van der Waals surface area contributed by atoms with E-state index in [0.717, 1.165) is 0 Å². The van der Waals surface area contributed by atoms with Crippen LogP contribution in [0.5, 0.6) is 0 Å². The number of rotatable bonds is 4. The van der Waals surface area contributed by atoms with Gasteiger partial charge >= 0.3 is 11.9 Å². The van der Waals surface area contributed by atoms with Gasteiger partial charge in [0.1, 0.15) is 0 Å². The second-order valence-corrected chi connectivity index (χ2v) is 3.87. The van der Waals surface area contributed by atoms with E-state index in [2.05, 4.69) is 6.58 Å². The molecule has 5 heteroatoms. The molecule has 0 aliphatic carbocycles. The molecular weight excluding hydrogens is 210 g/mol. The van der Waals surface area contributed by atoms with Gasteiger partial charge in [0.25, 0.3) is 0 Å². The Kier molecular flexibility index (Phi) is 9.49. The van der Waals surface area contributed by atoms with Gasteiger partial charge in [-0.15, -0.1) is 0 Å². The van der Waals surface area contributed by atoms with E-state index in [9.17, 15) is 9.59 Å². The Morgan fingerprint density at radius 1 is 1.38 bits per heavy atom. The number of ether oxygens (including phenoxy) is 1. The van der Waals surface area contributed by atoms with Crippen LogP contribution in [0.2, 0.25) is 0 Å². The fourth-order valence-electron chi connectivity index (χ4n) is 0.585. The van der Waals surface area contributed by atoms with Gasteiger partial charge in [0.15, 0.2) is 0 Å². The number of carboxylic acids is 1. The SMILES string of the molecule is C=C(C)C(=O)OC(C)C.CN(C)CC(=O)O. The molecule has 0 aliphatic heterocycles. The monoisotopic (exact) mass is 231 g/mol. The molecule has 16 heavy (non-hydrogen) atoms. The Morgan fingerprint density at radius 2 is 1.81 bits per heavy atom. The first-order valence-electron chi connectivity index (χ1n) is 4.89. The molecule has 94 valence electrons. The predicted molar refractivity (Wildman–Crippen MR) is 62.2 cm³/mol. The molecule has 0 radical (unpaired) electrons. The number of likely N-dealkylation sites (N-methyl/N-ethyl adjacent to an activating group) is 1. The Balaban J connectivity index is 0. The maximum absolute atomic E-state index is 10.6. The van der Waals surface area contributed by atoms with Gasteiger partial charge < -0.3 is 9.84 Å². The molecule has 0 aromatic heterocycles. The Morgan fingerprint density at radius 3 is 1.88 bits per heavy atom. The third kappa shape index (κ3) is 15.1. The number of aliphatic carboxylic acids is 1. The van der Waals surface area contributed by atoms with Crippen molar-refractivity contribution in [3.05, 3.63) is 12.2 Å². The second kappa shape index (κ2) is 8.91. The van der Waals surface area contributed by atoms with Gasteiger partial charge in [-0.05, 0) is 34.9 Å². The van der Waals surface area contributed by atoms with Gasteiger partial charge in [-0.1, -0.05) is 6.58 Å². The van der Waals surface area contributed by atoms with Crippen molar-refractivity contribution >= 4 is 11.9 Å². The van der Waals surface area contributed by atoms with Crippen molar-refractivity contribution in [1.82, 2.24) is 4.90 Å². The lowest BCUT2D eigenvalue weighted by molar-refractivity contribution is -0.142. The minimum absolute atomic E-state index is 0.0470. The molecule has 0 bridgehead atoms. The predicted octanol–water partition coefficient (Wildman–Crippen LogP) is 1.15. The number of hydrogen-bond acceptors (Lipinski definition) is 4. The highest BCUT2D eigenvalue weighted by atomic mass is 16.5. The van der Waals surface area contributed by atoms with Crippen molar-refractivity contribution in [2.75, 3.05) is 20.6 Å². The van der Waals surface area contributed by atoms with Crippen LogP contribution < -0.4 is 0 Å². The highest BCUT2D eigenvalue weighted by molar-refractivity contribution is 5.87. The minimum atomic E-state index is -0.787. The molecule has 0 rings (SSSR count). The van der Waals surface area contributed by atoms with Crippen molar-refractivity contribution in [2.24, 2.45) is 0 Å². The van der Waals surface area contributed by atoms with E-state index >= 15 is 0 Å². The van der Waals surface area contributed by atoms with Crippen LogP contribution in [0.25, 0.3) is 0 Å². The number of carbonyl (C=O) groups is 2. The van der Waals surface area contributed by atoms with Crippen molar-refractivity contribution in [3.63, 3.8) is 0 Å². The average molecular weight is 231 g/mol. The number of carboxylic acid groups (broad SMARTS) is 1. The van der Waals surface area contributed by atoms with Gasteiger partial charge in [0.05, 0.1) is 12.6 Å². The van der Waals surface area contributed by atoms with Crippen LogP contribution in [0.4, 0.5) is 0 Å². The molecule has 0 amide bonds. The Labute approximate surface area is 96.7 Å². The standard InChI is InChI=1S/C7H12O2.C4H9NO2/c1-5(2)7(8)9-6(3)4;1-5(2)3-4(6)7/h6H,1H2,2-4H3;3H2,1-2H3,(H,6,7). The zero-order valence-corrected chi connectivity index (χ0v) is 10.6. The molecule has 1 N–H and O–H groups in total. The summed E-state index contributed by atoms with van der Waals surface area (Å²) in [6.07, 6.45) is -0.0470. The molecule has 0 heterocycles.